The van der Waals surface area contributed by atoms with Crippen molar-refractivity contribution in [3.63, 3.8) is 0 Å². The van der Waals surface area contributed by atoms with Gasteiger partial charge in [-0.05, 0) is 66.9 Å². The Labute approximate surface area is 218 Å². The average Bonchev–Trinajstić information content (AvgIpc) is 3.68. The van der Waals surface area contributed by atoms with Gasteiger partial charge in [-0.1, -0.05) is 29.4 Å². The minimum Gasteiger partial charge on any atom is -0.454 e. The van der Waals surface area contributed by atoms with Gasteiger partial charge in [-0.25, -0.2) is 9.78 Å². The first kappa shape index (κ1) is 23.3. The van der Waals surface area contributed by atoms with Crippen LogP contribution in [0, 0.1) is 13.8 Å². The highest BCUT2D eigenvalue weighted by Crippen LogP contribution is 2.35. The predicted molar refractivity (Wildman–Crippen MR) is 141 cm³/mol. The summed E-state index contributed by atoms with van der Waals surface area (Å²) in [5.74, 6) is 2.12. The number of rotatable bonds is 6. The number of benzene rings is 3. The molecule has 5 aromatic rings. The Bertz CT molecular complexity index is 1620. The maximum atomic E-state index is 12.4. The Hall–Kier alpha value is -5.12. The molecule has 3 heterocycles. The van der Waals surface area contributed by atoms with E-state index in [9.17, 15) is 4.79 Å². The van der Waals surface area contributed by atoms with Crippen LogP contribution in [0.3, 0.4) is 0 Å². The lowest BCUT2D eigenvalue weighted by Gasteiger charge is -2.12. The molecule has 2 N–H and O–H groups in total. The normalized spacial score (nSPS) is 11.9. The third-order valence-electron chi connectivity index (χ3n) is 6.34. The first-order valence-electron chi connectivity index (χ1n) is 12.0. The van der Waals surface area contributed by atoms with E-state index in [1.54, 1.807) is 6.33 Å². The summed E-state index contributed by atoms with van der Waals surface area (Å²) in [5, 5.41) is 9.85. The van der Waals surface area contributed by atoms with Crippen LogP contribution >= 0.6 is 0 Å². The van der Waals surface area contributed by atoms with Gasteiger partial charge >= 0.3 is 6.03 Å². The molecule has 190 valence electrons. The fourth-order valence-electron chi connectivity index (χ4n) is 4.11. The molecular formula is C28H24N6O4. The highest BCUT2D eigenvalue weighted by atomic mass is 16.7. The highest BCUT2D eigenvalue weighted by Gasteiger charge is 2.18. The van der Waals surface area contributed by atoms with Gasteiger partial charge in [-0.3, -0.25) is 0 Å². The summed E-state index contributed by atoms with van der Waals surface area (Å²) in [7, 11) is 0. The van der Waals surface area contributed by atoms with Crippen molar-refractivity contribution >= 4 is 17.4 Å². The molecule has 1 aliphatic rings. The molecule has 38 heavy (non-hydrogen) atoms. The van der Waals surface area contributed by atoms with Crippen molar-refractivity contribution in [2.75, 3.05) is 17.4 Å². The van der Waals surface area contributed by atoms with Gasteiger partial charge in [0.1, 0.15) is 5.69 Å². The van der Waals surface area contributed by atoms with Crippen LogP contribution in [0.25, 0.3) is 23.0 Å². The van der Waals surface area contributed by atoms with Gasteiger partial charge in [-0.2, -0.15) is 4.98 Å². The standard InChI is InChI=1S/C28H24N6O4/c1-17-4-3-5-22(18(17)2)31-28(35)30-21-9-6-19(7-10-21)13-34-14-23(29-15-34)27-32-26(33-38-27)20-8-11-24-25(12-20)37-16-36-24/h3-12,14-15H,13,16H2,1-2H3,(H2,30,31,35). The molecule has 0 fully saturated rings. The number of carbonyl (C=O) groups is 1. The van der Waals surface area contributed by atoms with Gasteiger partial charge in [-0.15, -0.1) is 0 Å². The minimum absolute atomic E-state index is 0.204. The number of aromatic nitrogens is 4. The van der Waals surface area contributed by atoms with Crippen LogP contribution in [0.1, 0.15) is 16.7 Å². The Kier molecular flexibility index (Phi) is 5.97. The number of ether oxygens (including phenoxy) is 2. The Morgan fingerprint density at radius 3 is 2.71 bits per heavy atom. The van der Waals surface area contributed by atoms with Crippen LogP contribution in [-0.2, 0) is 6.54 Å². The predicted octanol–water partition coefficient (Wildman–Crippen LogP) is 5.64. The molecule has 2 amide bonds. The van der Waals surface area contributed by atoms with Crippen LogP contribution in [0.15, 0.2) is 77.7 Å². The number of urea groups is 1. The van der Waals surface area contributed by atoms with Gasteiger partial charge in [0.05, 0.1) is 6.33 Å². The molecule has 0 aliphatic carbocycles. The fraction of sp³-hybridized carbons (Fsp3) is 0.143. The first-order valence-corrected chi connectivity index (χ1v) is 12.0. The van der Waals surface area contributed by atoms with Gasteiger partial charge < -0.3 is 29.2 Å². The number of carbonyl (C=O) groups excluding carboxylic acids is 1. The zero-order valence-corrected chi connectivity index (χ0v) is 20.8. The largest absolute Gasteiger partial charge is 0.454 e. The average molecular weight is 509 g/mol. The minimum atomic E-state index is -0.287. The van der Waals surface area contributed by atoms with E-state index < -0.39 is 0 Å². The van der Waals surface area contributed by atoms with Crippen LogP contribution in [0.2, 0.25) is 0 Å². The second-order valence-electron chi connectivity index (χ2n) is 8.95. The van der Waals surface area contributed by atoms with E-state index in [1.165, 1.54) is 0 Å². The molecule has 3 aromatic carbocycles. The molecule has 6 rings (SSSR count). The van der Waals surface area contributed by atoms with Gasteiger partial charge in [0, 0.05) is 29.7 Å². The van der Waals surface area contributed by atoms with Crippen LogP contribution in [-0.4, -0.2) is 32.5 Å². The zero-order chi connectivity index (χ0) is 26.1. The summed E-state index contributed by atoms with van der Waals surface area (Å²) in [5.41, 5.74) is 6.04. The highest BCUT2D eigenvalue weighted by molar-refractivity contribution is 6.00. The monoisotopic (exact) mass is 508 g/mol. The van der Waals surface area contributed by atoms with E-state index in [0.717, 1.165) is 27.9 Å². The van der Waals surface area contributed by atoms with Crippen molar-refractivity contribution in [3.05, 3.63) is 89.9 Å². The van der Waals surface area contributed by atoms with Crippen molar-refractivity contribution < 1.29 is 18.8 Å². The van der Waals surface area contributed by atoms with E-state index in [4.69, 9.17) is 14.0 Å². The van der Waals surface area contributed by atoms with E-state index in [-0.39, 0.29) is 12.8 Å². The molecule has 10 nitrogen and oxygen atoms in total. The second kappa shape index (κ2) is 9.74. The number of imidazole rings is 1. The topological polar surface area (TPSA) is 116 Å². The fourth-order valence-corrected chi connectivity index (χ4v) is 4.11. The van der Waals surface area contributed by atoms with Gasteiger partial charge in [0.2, 0.25) is 12.6 Å². The lowest BCUT2D eigenvalue weighted by molar-refractivity contribution is 0.174. The number of fused-ring (bicyclic) bond motifs is 1. The third kappa shape index (κ3) is 4.79. The molecule has 0 atom stereocenters. The van der Waals surface area contributed by atoms with Crippen molar-refractivity contribution in [1.82, 2.24) is 19.7 Å². The van der Waals surface area contributed by atoms with E-state index in [1.807, 2.05) is 85.3 Å². The van der Waals surface area contributed by atoms with Crippen molar-refractivity contribution in [3.8, 4) is 34.5 Å². The molecule has 2 aromatic heterocycles. The van der Waals surface area contributed by atoms with E-state index >= 15 is 0 Å². The number of hydrogen-bond donors (Lipinski definition) is 2. The molecular weight excluding hydrogens is 484 g/mol. The zero-order valence-electron chi connectivity index (χ0n) is 20.8. The van der Waals surface area contributed by atoms with Gasteiger partial charge in [0.25, 0.3) is 5.89 Å². The van der Waals surface area contributed by atoms with Crippen molar-refractivity contribution in [2.24, 2.45) is 0 Å². The number of amides is 2. The molecule has 0 saturated heterocycles. The Balaban J connectivity index is 1.08. The lowest BCUT2D eigenvalue weighted by Crippen LogP contribution is -2.20. The second-order valence-corrected chi connectivity index (χ2v) is 8.95. The van der Waals surface area contributed by atoms with E-state index in [2.05, 4.69) is 25.8 Å². The Morgan fingerprint density at radius 1 is 1.00 bits per heavy atom. The number of nitrogens with zero attached hydrogens (tertiary/aromatic N) is 4. The molecule has 0 spiro atoms. The molecule has 10 heteroatoms. The van der Waals surface area contributed by atoms with E-state index in [0.29, 0.717) is 41.1 Å². The molecule has 0 bridgehead atoms. The summed E-state index contributed by atoms with van der Waals surface area (Å²) in [6.45, 7) is 4.79. The number of hydrogen-bond acceptors (Lipinski definition) is 7. The summed E-state index contributed by atoms with van der Waals surface area (Å²) < 4.78 is 18.1. The molecule has 0 radical (unpaired) electrons. The van der Waals surface area contributed by atoms with Crippen LogP contribution in [0.5, 0.6) is 11.5 Å². The summed E-state index contributed by atoms with van der Waals surface area (Å²) in [6, 6.07) is 18.7. The van der Waals surface area contributed by atoms with Crippen molar-refractivity contribution in [1.29, 1.82) is 0 Å². The van der Waals surface area contributed by atoms with Gasteiger partial charge in [0.15, 0.2) is 11.5 Å². The SMILES string of the molecule is Cc1cccc(NC(=O)Nc2ccc(Cn3cnc(-c4nc(-c5ccc6c(c5)OCO6)no4)c3)cc2)c1C. The third-order valence-corrected chi connectivity index (χ3v) is 6.34. The van der Waals surface area contributed by atoms with Crippen LogP contribution in [0.4, 0.5) is 16.2 Å². The summed E-state index contributed by atoms with van der Waals surface area (Å²) >= 11 is 0. The molecule has 0 unspecified atom stereocenters. The van der Waals surface area contributed by atoms with Crippen molar-refractivity contribution in [2.45, 2.75) is 20.4 Å². The lowest BCUT2D eigenvalue weighted by atomic mass is 10.1. The first-order chi connectivity index (χ1) is 18.5. The number of aryl methyl sites for hydroxylation is 1. The maximum absolute atomic E-state index is 12.4. The molecule has 1 aliphatic heterocycles. The molecule has 0 saturated carbocycles. The van der Waals surface area contributed by atoms with Crippen LogP contribution < -0.4 is 20.1 Å². The number of anilines is 2. The smallest absolute Gasteiger partial charge is 0.323 e. The summed E-state index contributed by atoms with van der Waals surface area (Å²) in [6.07, 6.45) is 3.56. The quantitative estimate of drug-likeness (QED) is 0.305. The summed E-state index contributed by atoms with van der Waals surface area (Å²) in [4.78, 5) is 21.3. The maximum Gasteiger partial charge on any atom is 0.323 e. The Morgan fingerprint density at radius 2 is 1.84 bits per heavy atom. The number of nitrogens with one attached hydrogen (secondary N) is 2.